The molecule has 2 aromatic carbocycles. The van der Waals surface area contributed by atoms with E-state index in [9.17, 15) is 14.9 Å². The number of benzene rings is 2. The summed E-state index contributed by atoms with van der Waals surface area (Å²) >= 11 is 1.25. The van der Waals surface area contributed by atoms with Gasteiger partial charge in [-0.1, -0.05) is 42.5 Å². The van der Waals surface area contributed by atoms with Crippen molar-refractivity contribution in [3.63, 3.8) is 0 Å². The molecule has 0 aliphatic rings. The molecule has 3 aromatic rings. The van der Waals surface area contributed by atoms with Gasteiger partial charge in [-0.15, -0.1) is 11.3 Å². The number of carbonyl (C=O) groups excluding carboxylic acids is 1. The number of aryl methyl sites for hydroxylation is 1. The van der Waals surface area contributed by atoms with Crippen LogP contribution >= 0.6 is 11.3 Å². The minimum atomic E-state index is -0.745. The van der Waals surface area contributed by atoms with Crippen LogP contribution in [0.1, 0.15) is 34.0 Å². The molecule has 0 amide bonds. The molecule has 1 heterocycles. The summed E-state index contributed by atoms with van der Waals surface area (Å²) in [4.78, 5) is 28.1. The van der Waals surface area contributed by atoms with Crippen LogP contribution in [0.3, 0.4) is 0 Å². The second-order valence-corrected chi connectivity index (χ2v) is 6.66. The smallest absolute Gasteiger partial charge is 0.350 e. The van der Waals surface area contributed by atoms with E-state index in [-0.39, 0.29) is 5.69 Å². The van der Waals surface area contributed by atoms with Crippen molar-refractivity contribution in [3.05, 3.63) is 80.8 Å². The lowest BCUT2D eigenvalue weighted by Gasteiger charge is -2.13. The second kappa shape index (κ2) is 7.45. The van der Waals surface area contributed by atoms with Crippen molar-refractivity contribution in [3.8, 4) is 10.6 Å². The molecular formula is C19H16N2O4S. The number of aromatic nitrogens is 1. The van der Waals surface area contributed by atoms with Gasteiger partial charge in [-0.25, -0.2) is 9.78 Å². The summed E-state index contributed by atoms with van der Waals surface area (Å²) in [7, 11) is 0. The number of hydrogen-bond donors (Lipinski definition) is 0. The van der Waals surface area contributed by atoms with E-state index >= 15 is 0 Å². The average Bonchev–Trinajstić information content (AvgIpc) is 3.04. The van der Waals surface area contributed by atoms with Crippen LogP contribution < -0.4 is 0 Å². The predicted molar refractivity (Wildman–Crippen MR) is 99.2 cm³/mol. The highest BCUT2D eigenvalue weighted by Gasteiger charge is 2.24. The van der Waals surface area contributed by atoms with E-state index in [1.807, 2.05) is 30.3 Å². The van der Waals surface area contributed by atoms with E-state index < -0.39 is 17.0 Å². The molecular weight excluding hydrogens is 352 g/mol. The number of esters is 1. The third-order valence-corrected chi connectivity index (χ3v) is 5.04. The van der Waals surface area contributed by atoms with Crippen LogP contribution in [-0.2, 0) is 4.74 Å². The van der Waals surface area contributed by atoms with Crippen LogP contribution in [0.25, 0.3) is 10.6 Å². The standard InChI is InChI=1S/C19H16N2O4S/c1-12-17(26-18(20-12)14-8-4-3-5-9-14)19(22)25-13(2)15-10-6-7-11-16(15)21(23)24/h3-11,13H,1-2H3. The lowest BCUT2D eigenvalue weighted by molar-refractivity contribution is -0.386. The largest absolute Gasteiger partial charge is 0.453 e. The van der Waals surface area contributed by atoms with Crippen LogP contribution in [0.2, 0.25) is 0 Å². The van der Waals surface area contributed by atoms with E-state index in [0.717, 1.165) is 10.6 Å². The highest BCUT2D eigenvalue weighted by Crippen LogP contribution is 2.31. The highest BCUT2D eigenvalue weighted by atomic mass is 32.1. The molecule has 0 spiro atoms. The Kier molecular flexibility index (Phi) is 5.09. The van der Waals surface area contributed by atoms with Gasteiger partial charge in [0.15, 0.2) is 0 Å². The summed E-state index contributed by atoms with van der Waals surface area (Å²) in [5.74, 6) is -0.534. The van der Waals surface area contributed by atoms with Gasteiger partial charge in [0.2, 0.25) is 0 Å². The Morgan fingerprint density at radius 1 is 1.15 bits per heavy atom. The molecule has 0 radical (unpaired) electrons. The minimum absolute atomic E-state index is 0.0706. The number of nitrogens with zero attached hydrogens (tertiary/aromatic N) is 2. The Morgan fingerprint density at radius 2 is 1.81 bits per heavy atom. The molecule has 0 N–H and O–H groups in total. The lowest BCUT2D eigenvalue weighted by atomic mass is 10.1. The SMILES string of the molecule is Cc1nc(-c2ccccc2)sc1C(=O)OC(C)c1ccccc1[N+](=O)[O-]. The first kappa shape index (κ1) is 17.8. The number of carbonyl (C=O) groups is 1. The molecule has 1 aromatic heterocycles. The molecule has 0 bridgehead atoms. The van der Waals surface area contributed by atoms with Crippen LogP contribution in [0.5, 0.6) is 0 Å². The van der Waals surface area contributed by atoms with Gasteiger partial charge < -0.3 is 4.74 Å². The molecule has 1 atom stereocenters. The zero-order valence-electron chi connectivity index (χ0n) is 14.2. The van der Waals surface area contributed by atoms with Gasteiger partial charge in [0, 0.05) is 11.6 Å². The van der Waals surface area contributed by atoms with E-state index in [2.05, 4.69) is 4.98 Å². The Bertz CT molecular complexity index is 953. The molecule has 0 aliphatic carbocycles. The van der Waals surface area contributed by atoms with E-state index in [1.54, 1.807) is 32.0 Å². The molecule has 26 heavy (non-hydrogen) atoms. The van der Waals surface area contributed by atoms with Crippen LogP contribution in [0, 0.1) is 17.0 Å². The fourth-order valence-corrected chi connectivity index (χ4v) is 3.52. The zero-order valence-corrected chi connectivity index (χ0v) is 15.0. The summed E-state index contributed by atoms with van der Waals surface area (Å²) in [5.41, 5.74) is 1.79. The highest BCUT2D eigenvalue weighted by molar-refractivity contribution is 7.17. The molecule has 0 saturated heterocycles. The number of ether oxygens (including phenoxy) is 1. The maximum absolute atomic E-state index is 12.6. The number of thiazole rings is 1. The first-order valence-corrected chi connectivity index (χ1v) is 8.76. The number of hydrogen-bond acceptors (Lipinski definition) is 6. The number of nitro benzene ring substituents is 1. The summed E-state index contributed by atoms with van der Waals surface area (Å²) in [6.45, 7) is 3.36. The van der Waals surface area contributed by atoms with Crippen LogP contribution in [0.4, 0.5) is 5.69 Å². The molecule has 0 fully saturated rings. The molecule has 0 saturated carbocycles. The number of rotatable bonds is 5. The summed E-state index contributed by atoms with van der Waals surface area (Å²) in [5, 5.41) is 11.9. The lowest BCUT2D eigenvalue weighted by Crippen LogP contribution is -2.10. The van der Waals surface area contributed by atoms with E-state index in [4.69, 9.17) is 4.74 Å². The van der Waals surface area contributed by atoms with Gasteiger partial charge in [-0.05, 0) is 19.9 Å². The van der Waals surface area contributed by atoms with Crippen molar-refractivity contribution in [1.82, 2.24) is 4.98 Å². The van der Waals surface area contributed by atoms with Crippen molar-refractivity contribution in [2.75, 3.05) is 0 Å². The first-order valence-electron chi connectivity index (χ1n) is 7.94. The Morgan fingerprint density at radius 3 is 2.50 bits per heavy atom. The molecule has 132 valence electrons. The third-order valence-electron chi connectivity index (χ3n) is 3.86. The monoisotopic (exact) mass is 368 g/mol. The second-order valence-electron chi connectivity index (χ2n) is 5.66. The maximum Gasteiger partial charge on any atom is 0.350 e. The quantitative estimate of drug-likeness (QED) is 0.362. The fourth-order valence-electron chi connectivity index (χ4n) is 2.57. The third kappa shape index (κ3) is 3.62. The predicted octanol–water partition coefficient (Wildman–Crippen LogP) is 4.94. The fraction of sp³-hybridized carbons (Fsp3) is 0.158. The van der Waals surface area contributed by atoms with Crippen LogP contribution in [-0.4, -0.2) is 15.9 Å². The topological polar surface area (TPSA) is 82.3 Å². The van der Waals surface area contributed by atoms with Gasteiger partial charge >= 0.3 is 5.97 Å². The molecule has 0 aliphatic heterocycles. The normalized spacial score (nSPS) is 11.8. The van der Waals surface area contributed by atoms with Gasteiger partial charge in [-0.2, -0.15) is 0 Å². The van der Waals surface area contributed by atoms with Gasteiger partial charge in [0.1, 0.15) is 16.0 Å². The van der Waals surface area contributed by atoms with Crippen molar-refractivity contribution in [2.24, 2.45) is 0 Å². The van der Waals surface area contributed by atoms with Gasteiger partial charge in [0.05, 0.1) is 16.2 Å². The summed E-state index contributed by atoms with van der Waals surface area (Å²) in [6, 6.07) is 15.8. The van der Waals surface area contributed by atoms with Crippen molar-refractivity contribution < 1.29 is 14.5 Å². The van der Waals surface area contributed by atoms with Gasteiger partial charge in [0.25, 0.3) is 5.69 Å². The van der Waals surface area contributed by atoms with E-state index in [0.29, 0.717) is 16.1 Å². The summed E-state index contributed by atoms with van der Waals surface area (Å²) in [6.07, 6.45) is -0.745. The van der Waals surface area contributed by atoms with Crippen LogP contribution in [0.15, 0.2) is 54.6 Å². The van der Waals surface area contributed by atoms with Crippen molar-refractivity contribution in [2.45, 2.75) is 20.0 Å². The first-order chi connectivity index (χ1) is 12.5. The summed E-state index contributed by atoms with van der Waals surface area (Å²) < 4.78 is 5.47. The average molecular weight is 368 g/mol. The maximum atomic E-state index is 12.6. The number of para-hydroxylation sites is 1. The number of nitro groups is 1. The van der Waals surface area contributed by atoms with Crippen molar-refractivity contribution in [1.29, 1.82) is 0 Å². The Balaban J connectivity index is 1.83. The Labute approximate surface area is 154 Å². The van der Waals surface area contributed by atoms with Gasteiger partial charge in [-0.3, -0.25) is 10.1 Å². The van der Waals surface area contributed by atoms with E-state index in [1.165, 1.54) is 17.4 Å². The molecule has 7 heteroatoms. The molecule has 1 unspecified atom stereocenters. The Hall–Kier alpha value is -3.06. The molecule has 3 rings (SSSR count). The zero-order chi connectivity index (χ0) is 18.7. The molecule has 6 nitrogen and oxygen atoms in total. The van der Waals surface area contributed by atoms with Crippen molar-refractivity contribution >= 4 is 23.0 Å². The minimum Gasteiger partial charge on any atom is -0.453 e.